The minimum Gasteiger partial charge on any atom is -0.478 e. The Hall–Kier alpha value is -2.04. The minimum atomic E-state index is -0.998. The third kappa shape index (κ3) is 4.00. The molecule has 0 amide bonds. The van der Waals surface area contributed by atoms with Gasteiger partial charge >= 0.3 is 5.97 Å². The highest BCUT2D eigenvalue weighted by Gasteiger charge is 2.43. The lowest BCUT2D eigenvalue weighted by molar-refractivity contribution is -0.769. The zero-order valence-corrected chi connectivity index (χ0v) is 12.2. The zero-order valence-electron chi connectivity index (χ0n) is 11.3. The van der Waals surface area contributed by atoms with Gasteiger partial charge in [-0.15, -0.1) is 10.1 Å². The van der Waals surface area contributed by atoms with Crippen molar-refractivity contribution in [2.75, 3.05) is 13.2 Å². The number of fused-ring (bicyclic) bond motifs is 1. The molecule has 9 nitrogen and oxygen atoms in total. The van der Waals surface area contributed by atoms with Crippen LogP contribution in [0.2, 0.25) is 0 Å². The lowest BCUT2D eigenvalue weighted by Gasteiger charge is -2.12. The van der Waals surface area contributed by atoms with Gasteiger partial charge in [-0.1, -0.05) is 12.2 Å². The van der Waals surface area contributed by atoms with Gasteiger partial charge < -0.3 is 24.4 Å². The quantitative estimate of drug-likeness (QED) is 0.481. The highest BCUT2D eigenvalue weighted by molar-refractivity contribution is 7.71. The van der Waals surface area contributed by atoms with Crippen LogP contribution in [0.5, 0.6) is 0 Å². The molecule has 10 heteroatoms. The number of carboxylic acid groups (broad SMARTS) is 1. The van der Waals surface area contributed by atoms with E-state index in [0.717, 1.165) is 6.42 Å². The Morgan fingerprint density at radius 3 is 2.91 bits per heavy atom. The van der Waals surface area contributed by atoms with Gasteiger partial charge in [0.15, 0.2) is 6.10 Å². The first-order valence-corrected chi connectivity index (χ1v) is 6.85. The standard InChI is InChI=1S/C6H9NO5.C6H5NO2S/c8-7(9)12-5-3-11-4-1-2-10-6(4)5;8-6(9)4-2-1-3-7-5(4)10/h4-6H,1-3H2;1-3H,(H,7,10)(H,8,9)/t4-,5?,6+;/m1./s1. The summed E-state index contributed by atoms with van der Waals surface area (Å²) >= 11 is 4.69. The van der Waals surface area contributed by atoms with E-state index in [9.17, 15) is 14.9 Å². The van der Waals surface area contributed by atoms with Crippen molar-refractivity contribution in [3.8, 4) is 0 Å². The number of aromatic carboxylic acids is 1. The number of pyridine rings is 1. The summed E-state index contributed by atoms with van der Waals surface area (Å²) in [4.78, 5) is 27.4. The number of nitrogens with zero attached hydrogens (tertiary/aromatic N) is 1. The van der Waals surface area contributed by atoms with Crippen LogP contribution in [0.4, 0.5) is 0 Å². The molecule has 0 aromatic carbocycles. The molecule has 22 heavy (non-hydrogen) atoms. The molecule has 2 aliphatic rings. The van der Waals surface area contributed by atoms with Gasteiger partial charge in [-0.2, -0.15) is 0 Å². The van der Waals surface area contributed by atoms with Gasteiger partial charge in [0.2, 0.25) is 0 Å². The van der Waals surface area contributed by atoms with Gasteiger partial charge in [-0.25, -0.2) is 4.79 Å². The number of hydrogen-bond acceptors (Lipinski definition) is 7. The van der Waals surface area contributed by atoms with E-state index >= 15 is 0 Å². The van der Waals surface area contributed by atoms with Crippen LogP contribution in [-0.4, -0.2) is 52.7 Å². The van der Waals surface area contributed by atoms with Gasteiger partial charge in [0.05, 0.1) is 18.3 Å². The first kappa shape index (κ1) is 16.3. The Morgan fingerprint density at radius 1 is 1.55 bits per heavy atom. The fourth-order valence-electron chi connectivity index (χ4n) is 2.22. The Bertz CT molecular complexity index is 605. The van der Waals surface area contributed by atoms with Crippen LogP contribution in [0, 0.1) is 14.8 Å². The molecule has 0 aliphatic carbocycles. The van der Waals surface area contributed by atoms with Gasteiger partial charge in [0.1, 0.15) is 10.7 Å². The SMILES string of the molecule is O=C(O)c1ccc[nH]c1=S.O=[N+]([O-])OC1CO[C@@H]2CCO[C@H]12. The highest BCUT2D eigenvalue weighted by Crippen LogP contribution is 2.28. The number of H-pyrrole nitrogens is 1. The van der Waals surface area contributed by atoms with Crippen molar-refractivity contribution in [1.82, 2.24) is 4.98 Å². The predicted octanol–water partition coefficient (Wildman–Crippen LogP) is 1.19. The van der Waals surface area contributed by atoms with Crippen molar-refractivity contribution < 1.29 is 29.3 Å². The molecular formula is C12H14N2O7S. The molecule has 2 saturated heterocycles. The van der Waals surface area contributed by atoms with Gasteiger partial charge in [-0.3, -0.25) is 0 Å². The first-order valence-electron chi connectivity index (χ1n) is 6.44. The molecule has 3 rings (SSSR count). The number of nitrogens with one attached hydrogen (secondary N) is 1. The molecule has 2 fully saturated rings. The lowest BCUT2D eigenvalue weighted by atomic mass is 10.1. The van der Waals surface area contributed by atoms with E-state index in [1.165, 1.54) is 6.07 Å². The average Bonchev–Trinajstić information content (AvgIpc) is 3.04. The van der Waals surface area contributed by atoms with Crippen molar-refractivity contribution >= 4 is 18.2 Å². The van der Waals surface area contributed by atoms with Gasteiger partial charge in [0.25, 0.3) is 5.09 Å². The van der Waals surface area contributed by atoms with Crippen LogP contribution in [0.1, 0.15) is 16.8 Å². The second-order valence-electron chi connectivity index (χ2n) is 4.58. The highest BCUT2D eigenvalue weighted by atomic mass is 32.1. The summed E-state index contributed by atoms with van der Waals surface area (Å²) in [6, 6.07) is 3.06. The largest absolute Gasteiger partial charge is 0.478 e. The van der Waals surface area contributed by atoms with Crippen LogP contribution in [0.15, 0.2) is 18.3 Å². The summed E-state index contributed by atoms with van der Waals surface area (Å²) in [5.74, 6) is -0.998. The van der Waals surface area contributed by atoms with E-state index in [-0.39, 0.29) is 29.0 Å². The maximum absolute atomic E-state index is 10.3. The Kier molecular flexibility index (Phi) is 5.41. The van der Waals surface area contributed by atoms with Crippen molar-refractivity contribution in [1.29, 1.82) is 0 Å². The molecule has 2 aliphatic heterocycles. The monoisotopic (exact) mass is 330 g/mol. The Morgan fingerprint density at radius 2 is 2.32 bits per heavy atom. The normalized spacial score (nSPS) is 25.7. The van der Waals surface area contributed by atoms with E-state index in [4.69, 9.17) is 26.8 Å². The van der Waals surface area contributed by atoms with E-state index in [0.29, 0.717) is 6.61 Å². The van der Waals surface area contributed by atoms with Crippen LogP contribution in [0.25, 0.3) is 0 Å². The molecular weight excluding hydrogens is 316 g/mol. The third-order valence-corrected chi connectivity index (χ3v) is 3.53. The van der Waals surface area contributed by atoms with Crippen molar-refractivity contribution in [3.63, 3.8) is 0 Å². The van der Waals surface area contributed by atoms with Crippen LogP contribution in [-0.2, 0) is 14.3 Å². The summed E-state index contributed by atoms with van der Waals surface area (Å²) in [5.41, 5.74) is 0.137. The maximum Gasteiger partial charge on any atom is 0.338 e. The number of ether oxygens (including phenoxy) is 2. The number of rotatable bonds is 3. The lowest BCUT2D eigenvalue weighted by Crippen LogP contribution is -2.31. The van der Waals surface area contributed by atoms with E-state index in [2.05, 4.69) is 9.82 Å². The summed E-state index contributed by atoms with van der Waals surface area (Å²) in [7, 11) is 0. The molecule has 0 bridgehead atoms. The molecule has 120 valence electrons. The number of aromatic nitrogens is 1. The molecule has 0 radical (unpaired) electrons. The van der Waals surface area contributed by atoms with Crippen molar-refractivity contribution in [2.24, 2.45) is 0 Å². The zero-order chi connectivity index (χ0) is 16.1. The van der Waals surface area contributed by atoms with Gasteiger partial charge in [0, 0.05) is 12.8 Å². The number of carboxylic acids is 1. The van der Waals surface area contributed by atoms with Crippen molar-refractivity contribution in [2.45, 2.75) is 24.7 Å². The summed E-state index contributed by atoms with van der Waals surface area (Å²) in [6.07, 6.45) is 1.62. The Labute approximate surface area is 129 Å². The Balaban J connectivity index is 0.000000164. The molecule has 3 heterocycles. The molecule has 1 aromatic rings. The first-order chi connectivity index (χ1) is 10.5. The van der Waals surface area contributed by atoms with E-state index in [1.54, 1.807) is 12.3 Å². The number of aromatic amines is 1. The topological polar surface area (TPSA) is 124 Å². The summed E-state index contributed by atoms with van der Waals surface area (Å²) < 4.78 is 10.7. The molecule has 0 spiro atoms. The molecule has 1 aromatic heterocycles. The number of hydrogen-bond donors (Lipinski definition) is 2. The third-order valence-electron chi connectivity index (χ3n) is 3.19. The fraction of sp³-hybridized carbons (Fsp3) is 0.500. The molecule has 2 N–H and O–H groups in total. The van der Waals surface area contributed by atoms with Crippen LogP contribution >= 0.6 is 12.2 Å². The average molecular weight is 330 g/mol. The summed E-state index contributed by atoms with van der Waals surface area (Å²) in [6.45, 7) is 0.864. The number of carbonyl (C=O) groups is 1. The van der Waals surface area contributed by atoms with Crippen molar-refractivity contribution in [3.05, 3.63) is 38.6 Å². The molecule has 3 atom stereocenters. The second kappa shape index (κ2) is 7.29. The van der Waals surface area contributed by atoms with Crippen LogP contribution in [0.3, 0.4) is 0 Å². The van der Waals surface area contributed by atoms with E-state index < -0.39 is 17.2 Å². The van der Waals surface area contributed by atoms with Gasteiger partial charge in [-0.05, 0) is 18.6 Å². The maximum atomic E-state index is 10.3. The predicted molar refractivity (Wildman–Crippen MR) is 74.6 cm³/mol. The molecule has 0 saturated carbocycles. The summed E-state index contributed by atoms with van der Waals surface area (Å²) in [5, 5.41) is 17.7. The fourth-order valence-corrected chi connectivity index (χ4v) is 2.44. The van der Waals surface area contributed by atoms with Crippen LogP contribution < -0.4 is 0 Å². The van der Waals surface area contributed by atoms with E-state index in [1.807, 2.05) is 0 Å². The second-order valence-corrected chi connectivity index (χ2v) is 4.99. The minimum absolute atomic E-state index is 0.00468. The smallest absolute Gasteiger partial charge is 0.338 e. The molecule has 1 unspecified atom stereocenters.